The van der Waals surface area contributed by atoms with Crippen molar-refractivity contribution in [3.63, 3.8) is 0 Å². The molecule has 1 saturated heterocycles. The minimum atomic E-state index is -0.488. The molecule has 21 heavy (non-hydrogen) atoms. The van der Waals surface area contributed by atoms with E-state index >= 15 is 0 Å². The molecule has 7 atom stereocenters. The van der Waals surface area contributed by atoms with Crippen LogP contribution in [0.4, 0.5) is 0 Å². The number of rotatable bonds is 0. The molecule has 5 fully saturated rings. The molecular formula is C18H24N2O. The molecule has 0 radical (unpaired) electrons. The molecule has 0 aromatic rings. The molecule has 0 N–H and O–H groups in total. The van der Waals surface area contributed by atoms with Crippen LogP contribution in [0.3, 0.4) is 0 Å². The van der Waals surface area contributed by atoms with Gasteiger partial charge in [0, 0.05) is 0 Å². The number of nitriles is 2. The molecule has 4 saturated carbocycles. The van der Waals surface area contributed by atoms with Crippen LogP contribution in [0.15, 0.2) is 0 Å². The van der Waals surface area contributed by atoms with Crippen LogP contribution >= 0.6 is 0 Å². The van der Waals surface area contributed by atoms with Gasteiger partial charge in [-0.2, -0.15) is 10.5 Å². The fourth-order valence-corrected chi connectivity index (χ4v) is 6.41. The monoisotopic (exact) mass is 284 g/mol. The van der Waals surface area contributed by atoms with Crippen LogP contribution < -0.4 is 0 Å². The second kappa shape index (κ2) is 3.82. The Hall–Kier alpha value is -1.06. The second-order valence-electron chi connectivity index (χ2n) is 9.00. The van der Waals surface area contributed by atoms with Gasteiger partial charge < -0.3 is 4.74 Å². The van der Waals surface area contributed by atoms with Crippen LogP contribution in [-0.2, 0) is 4.74 Å². The molecule has 4 bridgehead atoms. The lowest BCUT2D eigenvalue weighted by Crippen LogP contribution is -2.74. The quantitative estimate of drug-likeness (QED) is 0.682. The van der Waals surface area contributed by atoms with Gasteiger partial charge in [-0.25, -0.2) is 0 Å². The fourth-order valence-electron chi connectivity index (χ4n) is 6.41. The van der Waals surface area contributed by atoms with Crippen molar-refractivity contribution in [1.29, 1.82) is 10.5 Å². The summed E-state index contributed by atoms with van der Waals surface area (Å²) in [5.74, 6) is 1.61. The maximum atomic E-state index is 9.58. The van der Waals surface area contributed by atoms with Gasteiger partial charge in [0.1, 0.15) is 5.92 Å². The fraction of sp³-hybridized carbons (Fsp3) is 0.889. The Kier molecular flexibility index (Phi) is 2.47. The summed E-state index contributed by atoms with van der Waals surface area (Å²) in [6.07, 6.45) is 5.69. The van der Waals surface area contributed by atoms with Crippen molar-refractivity contribution in [2.45, 2.75) is 64.6 Å². The second-order valence-corrected chi connectivity index (χ2v) is 9.00. The predicted octanol–water partition coefficient (Wildman–Crippen LogP) is 3.66. The first-order valence-electron chi connectivity index (χ1n) is 8.33. The molecule has 0 aromatic carbocycles. The molecule has 3 heteroatoms. The molecule has 112 valence electrons. The Morgan fingerprint density at radius 1 is 1.00 bits per heavy atom. The first-order chi connectivity index (χ1) is 9.86. The Bertz CT molecular complexity index is 545. The summed E-state index contributed by atoms with van der Waals surface area (Å²) in [7, 11) is 0. The van der Waals surface area contributed by atoms with Gasteiger partial charge in [-0.3, -0.25) is 0 Å². The van der Waals surface area contributed by atoms with E-state index in [-0.39, 0.29) is 11.5 Å². The van der Waals surface area contributed by atoms with E-state index in [1.165, 1.54) is 32.1 Å². The van der Waals surface area contributed by atoms with Crippen molar-refractivity contribution >= 4 is 0 Å². The highest BCUT2D eigenvalue weighted by Gasteiger charge is 2.73. The summed E-state index contributed by atoms with van der Waals surface area (Å²) < 4.78 is 6.13. The molecule has 0 aromatic heterocycles. The molecule has 1 spiro atoms. The highest BCUT2D eigenvalue weighted by molar-refractivity contribution is 5.27. The summed E-state index contributed by atoms with van der Waals surface area (Å²) in [5, 5.41) is 18.8. The maximum absolute atomic E-state index is 9.58. The average Bonchev–Trinajstić information content (AvgIpc) is 2.36. The van der Waals surface area contributed by atoms with E-state index in [1.807, 2.05) is 0 Å². The van der Waals surface area contributed by atoms with Gasteiger partial charge in [0.05, 0.1) is 17.7 Å². The van der Waals surface area contributed by atoms with Crippen molar-refractivity contribution in [2.24, 2.45) is 34.5 Å². The van der Waals surface area contributed by atoms with Crippen LogP contribution in [0, 0.1) is 57.2 Å². The van der Waals surface area contributed by atoms with Crippen molar-refractivity contribution in [3.8, 4) is 12.1 Å². The van der Waals surface area contributed by atoms with Crippen LogP contribution in [0.1, 0.15) is 52.9 Å². The van der Waals surface area contributed by atoms with E-state index in [2.05, 4.69) is 32.9 Å². The van der Waals surface area contributed by atoms with Gasteiger partial charge in [-0.05, 0) is 60.7 Å². The predicted molar refractivity (Wildman–Crippen MR) is 77.8 cm³/mol. The van der Waals surface area contributed by atoms with Crippen LogP contribution in [0.5, 0.6) is 0 Å². The zero-order valence-corrected chi connectivity index (χ0v) is 13.2. The molecule has 5 aliphatic rings. The summed E-state index contributed by atoms with van der Waals surface area (Å²) in [4.78, 5) is 0. The third kappa shape index (κ3) is 1.42. The topological polar surface area (TPSA) is 56.8 Å². The Morgan fingerprint density at radius 2 is 1.62 bits per heavy atom. The molecule has 1 aliphatic heterocycles. The van der Waals surface area contributed by atoms with Crippen LogP contribution in [0.25, 0.3) is 0 Å². The van der Waals surface area contributed by atoms with Crippen molar-refractivity contribution in [1.82, 2.24) is 0 Å². The van der Waals surface area contributed by atoms with E-state index in [4.69, 9.17) is 4.74 Å². The third-order valence-corrected chi connectivity index (χ3v) is 7.44. The first-order valence-corrected chi connectivity index (χ1v) is 8.33. The van der Waals surface area contributed by atoms with Gasteiger partial charge >= 0.3 is 0 Å². The average molecular weight is 284 g/mol. The highest BCUT2D eigenvalue weighted by Crippen LogP contribution is 2.72. The minimum absolute atomic E-state index is 0.200. The van der Waals surface area contributed by atoms with Gasteiger partial charge in [-0.1, -0.05) is 20.8 Å². The van der Waals surface area contributed by atoms with Crippen molar-refractivity contribution in [3.05, 3.63) is 0 Å². The standard InChI is InChI=1S/C18H24N2O/c1-16(2,3)17-6-11-4-12(7-17)18(13(5-11)8-17)14(9-19)15(10-20)21-18/h11-15H,4-8H2,1-3H3/t11?,12-,13+,14-,15+,17?,18?/m1/s1. The summed E-state index contributed by atoms with van der Waals surface area (Å²) >= 11 is 0. The SMILES string of the molecule is CC(C)(C)C12CC3C[C@H](C1)C1(O[C@@H](C#N)[C@H]1C#N)[C@@H](C3)C2. The van der Waals surface area contributed by atoms with E-state index < -0.39 is 6.10 Å². The highest BCUT2D eigenvalue weighted by atomic mass is 16.5. The number of hydrogen-bond donors (Lipinski definition) is 0. The summed E-state index contributed by atoms with van der Waals surface area (Å²) in [6.45, 7) is 7.15. The maximum Gasteiger partial charge on any atom is 0.163 e. The molecule has 3 nitrogen and oxygen atoms in total. The van der Waals surface area contributed by atoms with E-state index in [0.717, 1.165) is 5.92 Å². The van der Waals surface area contributed by atoms with E-state index in [1.54, 1.807) is 0 Å². The lowest BCUT2D eigenvalue weighted by atomic mass is 9.37. The van der Waals surface area contributed by atoms with Crippen molar-refractivity contribution < 1.29 is 4.74 Å². The lowest BCUT2D eigenvalue weighted by molar-refractivity contribution is -0.335. The smallest absolute Gasteiger partial charge is 0.163 e. The molecule has 5 rings (SSSR count). The number of ether oxygens (including phenoxy) is 1. The molecule has 0 amide bonds. The van der Waals surface area contributed by atoms with Crippen LogP contribution in [0.2, 0.25) is 0 Å². The van der Waals surface area contributed by atoms with Gasteiger partial charge in [-0.15, -0.1) is 0 Å². The van der Waals surface area contributed by atoms with Gasteiger partial charge in [0.25, 0.3) is 0 Å². The molecule has 3 unspecified atom stereocenters. The van der Waals surface area contributed by atoms with Crippen molar-refractivity contribution in [2.75, 3.05) is 0 Å². The lowest BCUT2D eigenvalue weighted by Gasteiger charge is -2.72. The largest absolute Gasteiger partial charge is 0.353 e. The Labute approximate surface area is 127 Å². The molecule has 4 aliphatic carbocycles. The number of nitrogens with zero attached hydrogens (tertiary/aromatic N) is 2. The first kappa shape index (κ1) is 13.6. The zero-order valence-electron chi connectivity index (χ0n) is 13.2. The normalized spacial score (nSPS) is 54.0. The van der Waals surface area contributed by atoms with Crippen LogP contribution in [-0.4, -0.2) is 11.7 Å². The van der Waals surface area contributed by atoms with E-state index in [0.29, 0.717) is 22.7 Å². The Balaban J connectivity index is 1.72. The minimum Gasteiger partial charge on any atom is -0.353 e. The van der Waals surface area contributed by atoms with Gasteiger partial charge in [0.15, 0.2) is 6.10 Å². The zero-order chi connectivity index (χ0) is 15.0. The number of hydrogen-bond acceptors (Lipinski definition) is 3. The molecular weight excluding hydrogens is 260 g/mol. The van der Waals surface area contributed by atoms with E-state index in [9.17, 15) is 10.5 Å². The third-order valence-electron chi connectivity index (χ3n) is 7.44. The molecule has 1 heterocycles. The summed E-state index contributed by atoms with van der Waals surface area (Å²) in [6, 6.07) is 4.61. The Morgan fingerprint density at radius 3 is 2.10 bits per heavy atom. The van der Waals surface area contributed by atoms with Gasteiger partial charge in [0.2, 0.25) is 0 Å². The summed E-state index contributed by atoms with van der Waals surface area (Å²) in [5.41, 5.74) is 0.474.